The van der Waals surface area contributed by atoms with Crippen LogP contribution in [0.5, 0.6) is 0 Å². The Morgan fingerprint density at radius 2 is 1.84 bits per heavy atom. The number of hydrogen-bond donors (Lipinski definition) is 0. The molecular formula is C25H31ClN4OS. The van der Waals surface area contributed by atoms with Crippen molar-refractivity contribution in [2.75, 3.05) is 19.6 Å². The zero-order valence-electron chi connectivity index (χ0n) is 19.2. The van der Waals surface area contributed by atoms with E-state index in [2.05, 4.69) is 60.4 Å². The van der Waals surface area contributed by atoms with Gasteiger partial charge in [0.1, 0.15) is 5.15 Å². The fourth-order valence-electron chi connectivity index (χ4n) is 4.21. The van der Waals surface area contributed by atoms with Crippen molar-refractivity contribution in [1.29, 1.82) is 0 Å². The first-order chi connectivity index (χ1) is 15.2. The molecule has 0 saturated carbocycles. The molecule has 7 heteroatoms. The van der Waals surface area contributed by atoms with Crippen LogP contribution in [0, 0.1) is 6.92 Å². The summed E-state index contributed by atoms with van der Waals surface area (Å²) in [5.74, 6) is 0.0287. The maximum Gasteiger partial charge on any atom is 0.254 e. The number of pyridine rings is 1. The first kappa shape index (κ1) is 23.3. The number of carbonyl (C=O) groups excluding carboxylic acids is 1. The standard InChI is InChI=1S/C25H31ClN4OS/c1-17-14-19(15-22(26)27-17)24(31)29-12-10-20(11-13-29)28-21-16-30(25(2,3)4)32-23(21)18-8-6-5-7-9-18/h5-9,14-15,20,23H,10-13,16H2,1-4H3. The smallest absolute Gasteiger partial charge is 0.254 e. The number of aryl methyl sites for hydroxylation is 1. The largest absolute Gasteiger partial charge is 0.338 e. The van der Waals surface area contributed by atoms with Gasteiger partial charge >= 0.3 is 0 Å². The van der Waals surface area contributed by atoms with Crippen LogP contribution in [-0.4, -0.2) is 57.0 Å². The maximum absolute atomic E-state index is 12.9. The average molecular weight is 471 g/mol. The summed E-state index contributed by atoms with van der Waals surface area (Å²) in [4.78, 5) is 24.3. The van der Waals surface area contributed by atoms with Gasteiger partial charge in [-0.25, -0.2) is 9.29 Å². The number of piperidine rings is 1. The van der Waals surface area contributed by atoms with Crippen LogP contribution < -0.4 is 0 Å². The van der Waals surface area contributed by atoms with Crippen LogP contribution in [0.25, 0.3) is 0 Å². The van der Waals surface area contributed by atoms with E-state index in [1.54, 1.807) is 6.07 Å². The number of likely N-dealkylation sites (tertiary alicyclic amines) is 1. The Bertz CT molecular complexity index is 976. The highest BCUT2D eigenvalue weighted by Gasteiger charge is 2.37. The molecule has 1 aromatic heterocycles. The van der Waals surface area contributed by atoms with E-state index in [1.807, 2.05) is 29.8 Å². The van der Waals surface area contributed by atoms with E-state index in [9.17, 15) is 4.79 Å². The normalized spacial score (nSPS) is 22.0. The molecule has 2 fully saturated rings. The van der Waals surface area contributed by atoms with Gasteiger partial charge in [0.15, 0.2) is 0 Å². The molecule has 0 spiro atoms. The van der Waals surface area contributed by atoms with E-state index < -0.39 is 0 Å². The Labute approximate surface area is 200 Å². The molecule has 1 atom stereocenters. The van der Waals surface area contributed by atoms with Crippen molar-refractivity contribution in [2.24, 2.45) is 4.99 Å². The number of aliphatic imine (C=N–C) groups is 1. The molecule has 170 valence electrons. The van der Waals surface area contributed by atoms with Gasteiger partial charge in [-0.05, 0) is 58.2 Å². The molecule has 5 nitrogen and oxygen atoms in total. The molecule has 3 heterocycles. The molecule has 4 rings (SSSR count). The molecule has 2 aliphatic rings. The summed E-state index contributed by atoms with van der Waals surface area (Å²) < 4.78 is 2.44. The van der Waals surface area contributed by atoms with Crippen molar-refractivity contribution < 1.29 is 4.79 Å². The predicted molar refractivity (Wildman–Crippen MR) is 134 cm³/mol. The molecule has 2 saturated heterocycles. The third kappa shape index (κ3) is 5.36. The van der Waals surface area contributed by atoms with Gasteiger partial charge in [-0.15, -0.1) is 0 Å². The lowest BCUT2D eigenvalue weighted by atomic mass is 10.0. The van der Waals surface area contributed by atoms with Gasteiger partial charge in [-0.1, -0.05) is 53.9 Å². The van der Waals surface area contributed by atoms with Gasteiger partial charge in [-0.3, -0.25) is 9.79 Å². The van der Waals surface area contributed by atoms with Crippen molar-refractivity contribution in [3.05, 3.63) is 64.4 Å². The SMILES string of the molecule is Cc1cc(C(=O)N2CCC(N=C3CN(C(C)(C)C)SC3c3ccccc3)CC2)cc(Cl)n1. The number of carbonyl (C=O) groups is 1. The maximum atomic E-state index is 12.9. The fraction of sp³-hybridized carbons (Fsp3) is 0.480. The van der Waals surface area contributed by atoms with E-state index in [0.717, 1.165) is 25.1 Å². The molecule has 0 bridgehead atoms. The highest BCUT2D eigenvalue weighted by Crippen LogP contribution is 2.43. The summed E-state index contributed by atoms with van der Waals surface area (Å²) in [7, 11) is 0. The first-order valence-electron chi connectivity index (χ1n) is 11.2. The third-order valence-electron chi connectivity index (χ3n) is 5.96. The molecule has 0 radical (unpaired) electrons. The van der Waals surface area contributed by atoms with Gasteiger partial charge in [0.25, 0.3) is 5.91 Å². The highest BCUT2D eigenvalue weighted by atomic mass is 35.5. The summed E-state index contributed by atoms with van der Waals surface area (Å²) in [5.41, 5.74) is 4.01. The van der Waals surface area contributed by atoms with E-state index in [4.69, 9.17) is 16.6 Å². The molecule has 2 aliphatic heterocycles. The molecule has 2 aromatic rings. The van der Waals surface area contributed by atoms with Crippen molar-refractivity contribution in [3.63, 3.8) is 0 Å². The lowest BCUT2D eigenvalue weighted by molar-refractivity contribution is 0.0715. The molecule has 0 aliphatic carbocycles. The van der Waals surface area contributed by atoms with Gasteiger partial charge in [0.2, 0.25) is 0 Å². The number of benzene rings is 1. The van der Waals surface area contributed by atoms with E-state index in [1.165, 1.54) is 11.3 Å². The number of aromatic nitrogens is 1. The quantitative estimate of drug-likeness (QED) is 0.433. The Morgan fingerprint density at radius 1 is 1.16 bits per heavy atom. The second kappa shape index (κ2) is 9.54. The van der Waals surface area contributed by atoms with Crippen LogP contribution in [-0.2, 0) is 0 Å². The van der Waals surface area contributed by atoms with E-state index in [0.29, 0.717) is 23.8 Å². The van der Waals surface area contributed by atoms with Crippen molar-refractivity contribution >= 4 is 35.2 Å². The first-order valence-corrected chi connectivity index (χ1v) is 12.4. The number of halogens is 1. The monoisotopic (exact) mass is 470 g/mol. The van der Waals surface area contributed by atoms with Crippen LogP contribution in [0.2, 0.25) is 5.15 Å². The van der Waals surface area contributed by atoms with E-state index in [-0.39, 0.29) is 22.7 Å². The van der Waals surface area contributed by atoms with Crippen LogP contribution in [0.15, 0.2) is 47.5 Å². The van der Waals surface area contributed by atoms with E-state index >= 15 is 0 Å². The zero-order valence-corrected chi connectivity index (χ0v) is 20.8. The summed E-state index contributed by atoms with van der Waals surface area (Å²) in [6, 6.07) is 14.4. The number of amides is 1. The Morgan fingerprint density at radius 3 is 2.47 bits per heavy atom. The number of hydrogen-bond acceptors (Lipinski definition) is 5. The van der Waals surface area contributed by atoms with Crippen LogP contribution >= 0.6 is 23.5 Å². The summed E-state index contributed by atoms with van der Waals surface area (Å²) in [6.45, 7) is 10.9. The Kier molecular flexibility index (Phi) is 6.94. The lowest BCUT2D eigenvalue weighted by Crippen LogP contribution is -2.40. The van der Waals surface area contributed by atoms with Gasteiger partial charge < -0.3 is 4.90 Å². The Balaban J connectivity index is 1.46. The number of rotatable bonds is 3. The van der Waals surface area contributed by atoms with Crippen LogP contribution in [0.1, 0.15) is 60.5 Å². The fourth-order valence-corrected chi connectivity index (χ4v) is 5.77. The molecule has 32 heavy (non-hydrogen) atoms. The zero-order chi connectivity index (χ0) is 22.9. The predicted octanol–water partition coefficient (Wildman–Crippen LogP) is 5.59. The second-order valence-electron chi connectivity index (χ2n) is 9.57. The summed E-state index contributed by atoms with van der Waals surface area (Å²) in [6.07, 6.45) is 1.77. The van der Waals surface area contributed by atoms with Gasteiger partial charge in [-0.2, -0.15) is 0 Å². The minimum absolute atomic E-state index is 0.0287. The highest BCUT2D eigenvalue weighted by molar-refractivity contribution is 7.98. The third-order valence-corrected chi connectivity index (χ3v) is 7.84. The molecule has 1 amide bonds. The topological polar surface area (TPSA) is 48.8 Å². The minimum Gasteiger partial charge on any atom is -0.338 e. The molecule has 0 N–H and O–H groups in total. The second-order valence-corrected chi connectivity index (χ2v) is 11.1. The lowest BCUT2D eigenvalue weighted by Gasteiger charge is -2.31. The minimum atomic E-state index is 0.0287. The molecule has 1 unspecified atom stereocenters. The van der Waals surface area contributed by atoms with Crippen LogP contribution in [0.4, 0.5) is 0 Å². The van der Waals surface area contributed by atoms with Crippen molar-refractivity contribution in [2.45, 2.75) is 57.4 Å². The van der Waals surface area contributed by atoms with Crippen molar-refractivity contribution in [1.82, 2.24) is 14.2 Å². The van der Waals surface area contributed by atoms with Gasteiger partial charge in [0, 0.05) is 42.1 Å². The average Bonchev–Trinajstić information content (AvgIpc) is 3.18. The van der Waals surface area contributed by atoms with Crippen LogP contribution in [0.3, 0.4) is 0 Å². The molecule has 1 aromatic carbocycles. The Hall–Kier alpha value is -1.89. The van der Waals surface area contributed by atoms with Crippen molar-refractivity contribution in [3.8, 4) is 0 Å². The summed E-state index contributed by atoms with van der Waals surface area (Å²) in [5, 5.41) is 0.626. The summed E-state index contributed by atoms with van der Waals surface area (Å²) >= 11 is 7.95. The molecular weight excluding hydrogens is 440 g/mol. The number of nitrogens with zero attached hydrogens (tertiary/aromatic N) is 4. The van der Waals surface area contributed by atoms with Gasteiger partial charge in [0.05, 0.1) is 11.3 Å².